The Morgan fingerprint density at radius 3 is 2.12 bits per heavy atom. The second-order valence-corrected chi connectivity index (χ2v) is 9.38. The first-order chi connectivity index (χ1) is 19.5. The van der Waals surface area contributed by atoms with Gasteiger partial charge < -0.3 is 21.1 Å². The summed E-state index contributed by atoms with van der Waals surface area (Å²) < 4.78 is 71.7. The lowest BCUT2D eigenvalue weighted by Crippen LogP contribution is -2.49. The highest BCUT2D eigenvalue weighted by Crippen LogP contribution is 2.38. The van der Waals surface area contributed by atoms with Crippen molar-refractivity contribution in [1.29, 1.82) is 0 Å². The zero-order valence-electron chi connectivity index (χ0n) is 21.3. The number of aliphatic carboxylic acids is 1. The lowest BCUT2D eigenvalue weighted by molar-refractivity contribution is -0.192. The van der Waals surface area contributed by atoms with Crippen LogP contribution in [0.1, 0.15) is 47.4 Å². The van der Waals surface area contributed by atoms with E-state index in [4.69, 9.17) is 21.5 Å². The molecule has 1 saturated carbocycles. The summed E-state index contributed by atoms with van der Waals surface area (Å²) in [6.07, 6.45) is -3.29. The summed E-state index contributed by atoms with van der Waals surface area (Å²) in [6, 6.07) is 6.09. The number of carbonyl (C=O) groups excluding carboxylic acids is 2. The summed E-state index contributed by atoms with van der Waals surface area (Å²) >= 11 is 5.72. The number of carboxylic acids is 1. The van der Waals surface area contributed by atoms with Gasteiger partial charge in [-0.15, -0.1) is 0 Å². The minimum atomic E-state index is -5.08. The van der Waals surface area contributed by atoms with Crippen LogP contribution >= 0.6 is 11.6 Å². The van der Waals surface area contributed by atoms with Crippen LogP contribution in [-0.2, 0) is 15.8 Å². The lowest BCUT2D eigenvalue weighted by Gasteiger charge is -2.21. The second-order valence-electron chi connectivity index (χ2n) is 8.95. The van der Waals surface area contributed by atoms with Crippen molar-refractivity contribution in [2.45, 2.75) is 43.7 Å². The summed E-state index contributed by atoms with van der Waals surface area (Å²) in [5.74, 6) is -3.55. The van der Waals surface area contributed by atoms with Crippen LogP contribution in [0.25, 0.3) is 0 Å². The number of nitrogens with zero attached hydrogens (tertiary/aromatic N) is 3. The molecule has 2 aromatic heterocycles. The van der Waals surface area contributed by atoms with E-state index >= 15 is 0 Å². The van der Waals surface area contributed by atoms with Gasteiger partial charge in [0.25, 0.3) is 5.91 Å². The van der Waals surface area contributed by atoms with Crippen molar-refractivity contribution < 1.29 is 45.8 Å². The van der Waals surface area contributed by atoms with Crippen molar-refractivity contribution in [2.75, 3.05) is 5.32 Å². The number of carbonyl (C=O) groups is 3. The van der Waals surface area contributed by atoms with Gasteiger partial charge in [-0.2, -0.15) is 26.3 Å². The summed E-state index contributed by atoms with van der Waals surface area (Å²) in [5, 5.41) is 15.4. The van der Waals surface area contributed by atoms with Gasteiger partial charge in [0.15, 0.2) is 0 Å². The number of pyridine rings is 1. The Bertz CT molecular complexity index is 1430. The Hall–Kier alpha value is -4.47. The third-order valence-corrected chi connectivity index (χ3v) is 5.98. The first-order valence-corrected chi connectivity index (χ1v) is 12.2. The SMILES string of the molecule is CC(NC(=O)C1(NC(=O)c2cncnc2)CC1)c1ccc(Nc2ccc(Cl)cc2C(F)(F)F)cn1.O=C(O)C(F)(F)F. The molecule has 1 aliphatic rings. The maximum Gasteiger partial charge on any atom is 0.490 e. The minimum absolute atomic E-state index is 0.0253. The molecular formula is C25H21ClF6N6O4. The largest absolute Gasteiger partial charge is 0.490 e. The number of nitrogens with one attached hydrogen (secondary N) is 3. The zero-order valence-corrected chi connectivity index (χ0v) is 22.1. The van der Waals surface area contributed by atoms with E-state index in [9.17, 15) is 35.9 Å². The third kappa shape index (κ3) is 8.52. The lowest BCUT2D eigenvalue weighted by atomic mass is 10.1. The van der Waals surface area contributed by atoms with Crippen molar-refractivity contribution in [3.05, 3.63) is 77.1 Å². The Kier molecular flexibility index (Phi) is 9.60. The fourth-order valence-corrected chi connectivity index (χ4v) is 3.57. The maximum atomic E-state index is 13.3. The zero-order chi connectivity index (χ0) is 31.3. The highest BCUT2D eigenvalue weighted by atomic mass is 35.5. The molecule has 3 aromatic rings. The summed E-state index contributed by atoms with van der Waals surface area (Å²) in [6.45, 7) is 1.72. The molecule has 0 bridgehead atoms. The molecule has 42 heavy (non-hydrogen) atoms. The number of carboxylic acid groups (broad SMARTS) is 1. The molecule has 17 heteroatoms. The Morgan fingerprint density at radius 2 is 1.62 bits per heavy atom. The van der Waals surface area contributed by atoms with Crippen LogP contribution in [0.2, 0.25) is 5.02 Å². The smallest absolute Gasteiger partial charge is 0.475 e. The first kappa shape index (κ1) is 32.0. The van der Waals surface area contributed by atoms with Gasteiger partial charge in [-0.05, 0) is 50.1 Å². The summed E-state index contributed by atoms with van der Waals surface area (Å²) in [5.41, 5.74) is -0.989. The van der Waals surface area contributed by atoms with Crippen LogP contribution < -0.4 is 16.0 Å². The molecular weight excluding hydrogens is 598 g/mol. The van der Waals surface area contributed by atoms with Gasteiger partial charge in [-0.25, -0.2) is 14.8 Å². The fraction of sp³-hybridized carbons (Fsp3) is 0.280. The Balaban J connectivity index is 0.000000616. The number of rotatable bonds is 7. The van der Waals surface area contributed by atoms with E-state index in [1.807, 2.05) is 0 Å². The molecule has 2 heterocycles. The first-order valence-electron chi connectivity index (χ1n) is 11.8. The van der Waals surface area contributed by atoms with E-state index in [-0.39, 0.29) is 22.2 Å². The van der Waals surface area contributed by atoms with Crippen LogP contribution in [0.4, 0.5) is 37.7 Å². The molecule has 2 amide bonds. The number of anilines is 2. The molecule has 4 rings (SSSR count). The van der Waals surface area contributed by atoms with Crippen molar-refractivity contribution in [3.8, 4) is 0 Å². The normalized spacial score (nSPS) is 14.5. The standard InChI is InChI=1S/C23H20ClF3N6O2.C2HF3O2/c1-13(31-21(35)22(6-7-22)33-20(34)14-9-28-12-29-10-14)18-5-3-16(11-30-18)32-19-4-2-15(24)8-17(19)23(25,26)27;3-2(4,5)1(6)7/h2-5,8-13,32H,6-7H2,1H3,(H,31,35)(H,33,34);(H,6,7). The molecule has 0 spiro atoms. The highest BCUT2D eigenvalue weighted by molar-refractivity contribution is 6.30. The van der Waals surface area contributed by atoms with E-state index in [1.54, 1.807) is 19.1 Å². The molecule has 0 radical (unpaired) electrons. The average Bonchev–Trinajstić information content (AvgIpc) is 3.70. The Morgan fingerprint density at radius 1 is 1.00 bits per heavy atom. The predicted octanol–water partition coefficient (Wildman–Crippen LogP) is 5.06. The number of benzene rings is 1. The minimum Gasteiger partial charge on any atom is -0.475 e. The van der Waals surface area contributed by atoms with Crippen LogP contribution in [0.15, 0.2) is 55.2 Å². The molecule has 1 atom stereocenters. The van der Waals surface area contributed by atoms with Gasteiger partial charge in [-0.3, -0.25) is 14.6 Å². The Labute approximate surface area is 238 Å². The number of alkyl halides is 6. The van der Waals surface area contributed by atoms with Crippen molar-refractivity contribution in [2.24, 2.45) is 0 Å². The van der Waals surface area contributed by atoms with Gasteiger partial charge in [0.05, 0.1) is 40.4 Å². The van der Waals surface area contributed by atoms with Crippen LogP contribution in [-0.4, -0.2) is 49.6 Å². The molecule has 1 aliphatic carbocycles. The molecule has 1 unspecified atom stereocenters. The van der Waals surface area contributed by atoms with Crippen molar-refractivity contribution in [1.82, 2.24) is 25.6 Å². The van der Waals surface area contributed by atoms with Crippen LogP contribution in [0.3, 0.4) is 0 Å². The van der Waals surface area contributed by atoms with Gasteiger partial charge >= 0.3 is 18.3 Å². The van der Waals surface area contributed by atoms with Gasteiger partial charge in [0.2, 0.25) is 5.91 Å². The molecule has 1 aromatic carbocycles. The molecule has 0 aliphatic heterocycles. The second kappa shape index (κ2) is 12.6. The molecule has 10 nitrogen and oxygen atoms in total. The van der Waals surface area contributed by atoms with E-state index in [0.717, 1.165) is 6.07 Å². The predicted molar refractivity (Wildman–Crippen MR) is 136 cm³/mol. The number of aromatic nitrogens is 3. The number of amides is 2. The van der Waals surface area contributed by atoms with E-state index < -0.39 is 41.4 Å². The van der Waals surface area contributed by atoms with Crippen LogP contribution in [0, 0.1) is 0 Å². The summed E-state index contributed by atoms with van der Waals surface area (Å²) in [7, 11) is 0. The summed E-state index contributed by atoms with van der Waals surface area (Å²) in [4.78, 5) is 46.0. The van der Waals surface area contributed by atoms with Crippen molar-refractivity contribution in [3.63, 3.8) is 0 Å². The van der Waals surface area contributed by atoms with Crippen molar-refractivity contribution >= 4 is 40.8 Å². The van der Waals surface area contributed by atoms with Crippen LogP contribution in [0.5, 0.6) is 0 Å². The molecule has 1 fully saturated rings. The highest BCUT2D eigenvalue weighted by Gasteiger charge is 2.51. The monoisotopic (exact) mass is 618 g/mol. The van der Waals surface area contributed by atoms with E-state index in [2.05, 4.69) is 30.9 Å². The number of hydrogen-bond acceptors (Lipinski definition) is 7. The van der Waals surface area contributed by atoms with E-state index in [1.165, 1.54) is 37.1 Å². The maximum absolute atomic E-state index is 13.3. The van der Waals surface area contributed by atoms with E-state index in [0.29, 0.717) is 24.2 Å². The topological polar surface area (TPSA) is 146 Å². The molecule has 224 valence electrons. The molecule has 0 saturated heterocycles. The number of halogens is 7. The quantitative estimate of drug-likeness (QED) is 0.269. The average molecular weight is 619 g/mol. The fourth-order valence-electron chi connectivity index (χ4n) is 3.40. The molecule has 4 N–H and O–H groups in total. The van der Waals surface area contributed by atoms with Gasteiger partial charge in [0, 0.05) is 17.4 Å². The van der Waals surface area contributed by atoms with Gasteiger partial charge in [0.1, 0.15) is 11.9 Å². The van der Waals surface area contributed by atoms with Gasteiger partial charge in [-0.1, -0.05) is 11.6 Å². The number of hydrogen-bond donors (Lipinski definition) is 4. The third-order valence-electron chi connectivity index (χ3n) is 5.75.